The van der Waals surface area contributed by atoms with Crippen LogP contribution in [0.1, 0.15) is 25.7 Å². The molecular weight excluding hydrogens is 326 g/mol. The third-order valence-corrected chi connectivity index (χ3v) is 5.27. The van der Waals surface area contributed by atoms with Gasteiger partial charge in [0.1, 0.15) is 0 Å². The minimum atomic E-state index is -0.255. The SMILES string of the molecule is CN(CC(=O)N1CCCCC1)C1CCN(c2ccccc2Cl)C1=O. The first kappa shape index (κ1) is 17.2. The second-order valence-corrected chi connectivity index (χ2v) is 7.01. The van der Waals surface area contributed by atoms with Crippen molar-refractivity contribution in [3.8, 4) is 0 Å². The molecule has 1 aromatic carbocycles. The fraction of sp³-hybridized carbons (Fsp3) is 0.556. The quantitative estimate of drug-likeness (QED) is 0.838. The zero-order valence-electron chi connectivity index (χ0n) is 14.1. The molecule has 2 aliphatic rings. The summed E-state index contributed by atoms with van der Waals surface area (Å²) < 4.78 is 0. The van der Waals surface area contributed by atoms with Crippen LogP contribution in [0.5, 0.6) is 0 Å². The molecule has 2 aliphatic heterocycles. The van der Waals surface area contributed by atoms with Gasteiger partial charge in [-0.05, 0) is 44.9 Å². The fourth-order valence-electron chi connectivity index (χ4n) is 3.55. The Hall–Kier alpha value is -1.59. The minimum absolute atomic E-state index is 0.0250. The Kier molecular flexibility index (Phi) is 5.41. The summed E-state index contributed by atoms with van der Waals surface area (Å²) in [7, 11) is 1.86. The number of halogens is 1. The number of likely N-dealkylation sites (tertiary alicyclic amines) is 1. The molecule has 0 radical (unpaired) electrons. The molecule has 1 aromatic rings. The maximum absolute atomic E-state index is 12.8. The standard InChI is InChI=1S/C18H24ClN3O2/c1-20(13-17(23)21-10-5-2-6-11-21)16-9-12-22(18(16)24)15-8-4-3-7-14(15)19/h3-4,7-8,16H,2,5-6,9-13H2,1H3. The van der Waals surface area contributed by atoms with Crippen LogP contribution >= 0.6 is 11.6 Å². The van der Waals surface area contributed by atoms with E-state index in [1.54, 1.807) is 11.0 Å². The second kappa shape index (κ2) is 7.53. The lowest BCUT2D eigenvalue weighted by atomic mass is 10.1. The van der Waals surface area contributed by atoms with Crippen molar-refractivity contribution in [2.45, 2.75) is 31.7 Å². The van der Waals surface area contributed by atoms with E-state index in [4.69, 9.17) is 11.6 Å². The highest BCUT2D eigenvalue weighted by Gasteiger charge is 2.36. The van der Waals surface area contributed by atoms with Gasteiger partial charge in [0.25, 0.3) is 0 Å². The Balaban J connectivity index is 1.62. The Morgan fingerprint density at radius 2 is 1.92 bits per heavy atom. The summed E-state index contributed by atoms with van der Waals surface area (Å²) in [6.07, 6.45) is 4.08. The molecule has 0 saturated carbocycles. The number of rotatable bonds is 4. The van der Waals surface area contributed by atoms with Crippen LogP contribution in [0.15, 0.2) is 24.3 Å². The number of hydrogen-bond donors (Lipinski definition) is 0. The van der Waals surface area contributed by atoms with Gasteiger partial charge in [0.15, 0.2) is 0 Å². The first-order valence-electron chi connectivity index (χ1n) is 8.62. The second-order valence-electron chi connectivity index (χ2n) is 6.60. The molecule has 130 valence electrons. The fourth-order valence-corrected chi connectivity index (χ4v) is 3.79. The molecule has 0 N–H and O–H groups in total. The number of benzene rings is 1. The van der Waals surface area contributed by atoms with E-state index in [-0.39, 0.29) is 17.9 Å². The van der Waals surface area contributed by atoms with Gasteiger partial charge in [-0.3, -0.25) is 14.5 Å². The number of anilines is 1. The first-order valence-corrected chi connectivity index (χ1v) is 8.99. The zero-order chi connectivity index (χ0) is 17.1. The highest BCUT2D eigenvalue weighted by atomic mass is 35.5. The van der Waals surface area contributed by atoms with E-state index in [0.29, 0.717) is 24.5 Å². The molecule has 2 saturated heterocycles. The molecule has 0 bridgehead atoms. The van der Waals surface area contributed by atoms with E-state index in [9.17, 15) is 9.59 Å². The van der Waals surface area contributed by atoms with Crippen LogP contribution in [0.25, 0.3) is 0 Å². The maximum atomic E-state index is 12.8. The van der Waals surface area contributed by atoms with Crippen LogP contribution in [-0.2, 0) is 9.59 Å². The molecule has 2 amide bonds. The number of nitrogens with zero attached hydrogens (tertiary/aromatic N) is 3. The molecule has 1 atom stereocenters. The molecule has 5 nitrogen and oxygen atoms in total. The van der Waals surface area contributed by atoms with Gasteiger partial charge in [0, 0.05) is 19.6 Å². The summed E-state index contributed by atoms with van der Waals surface area (Å²) in [5, 5.41) is 0.582. The predicted molar refractivity (Wildman–Crippen MR) is 95.3 cm³/mol. The average Bonchev–Trinajstić information content (AvgIpc) is 2.97. The Morgan fingerprint density at radius 1 is 1.21 bits per heavy atom. The smallest absolute Gasteiger partial charge is 0.244 e. The topological polar surface area (TPSA) is 43.9 Å². The van der Waals surface area contributed by atoms with Gasteiger partial charge in [-0.25, -0.2) is 0 Å². The lowest BCUT2D eigenvalue weighted by Crippen LogP contribution is -2.47. The van der Waals surface area contributed by atoms with E-state index in [0.717, 1.165) is 31.6 Å². The molecule has 24 heavy (non-hydrogen) atoms. The van der Waals surface area contributed by atoms with Crippen LogP contribution in [0.2, 0.25) is 5.02 Å². The normalized spacial score (nSPS) is 21.6. The van der Waals surface area contributed by atoms with Crippen LogP contribution in [-0.4, -0.2) is 60.9 Å². The van der Waals surface area contributed by atoms with Gasteiger partial charge in [0.05, 0.1) is 23.3 Å². The van der Waals surface area contributed by atoms with Gasteiger partial charge >= 0.3 is 0 Å². The monoisotopic (exact) mass is 349 g/mol. The summed E-state index contributed by atoms with van der Waals surface area (Å²) in [6.45, 7) is 2.62. The summed E-state index contributed by atoms with van der Waals surface area (Å²) >= 11 is 6.21. The largest absolute Gasteiger partial charge is 0.342 e. The van der Waals surface area contributed by atoms with Crippen molar-refractivity contribution in [2.24, 2.45) is 0 Å². The number of hydrogen-bond acceptors (Lipinski definition) is 3. The van der Waals surface area contributed by atoms with Gasteiger partial charge in [-0.2, -0.15) is 0 Å². The number of para-hydroxylation sites is 1. The molecule has 6 heteroatoms. The van der Waals surface area contributed by atoms with E-state index >= 15 is 0 Å². The Morgan fingerprint density at radius 3 is 2.62 bits per heavy atom. The van der Waals surface area contributed by atoms with Crippen molar-refractivity contribution in [3.05, 3.63) is 29.3 Å². The highest BCUT2D eigenvalue weighted by Crippen LogP contribution is 2.30. The number of piperidine rings is 1. The molecule has 3 rings (SSSR count). The van der Waals surface area contributed by atoms with E-state index in [2.05, 4.69) is 0 Å². The lowest BCUT2D eigenvalue weighted by molar-refractivity contribution is -0.134. The third kappa shape index (κ3) is 3.57. The lowest BCUT2D eigenvalue weighted by Gasteiger charge is -2.30. The predicted octanol–water partition coefficient (Wildman–Crippen LogP) is 2.39. The molecule has 0 aliphatic carbocycles. The summed E-state index contributed by atoms with van der Waals surface area (Å²) in [6, 6.07) is 7.14. The molecule has 1 unspecified atom stereocenters. The molecule has 0 aromatic heterocycles. The first-order chi connectivity index (χ1) is 11.6. The number of carbonyl (C=O) groups excluding carboxylic acids is 2. The molecule has 2 heterocycles. The van der Waals surface area contributed by atoms with Gasteiger partial charge in [-0.15, -0.1) is 0 Å². The summed E-state index contributed by atoms with van der Waals surface area (Å²) in [4.78, 5) is 30.7. The summed E-state index contributed by atoms with van der Waals surface area (Å²) in [5.41, 5.74) is 0.752. The summed E-state index contributed by atoms with van der Waals surface area (Å²) in [5.74, 6) is 0.151. The van der Waals surface area contributed by atoms with Crippen LogP contribution in [0.3, 0.4) is 0 Å². The van der Waals surface area contributed by atoms with Crippen LogP contribution < -0.4 is 4.90 Å². The van der Waals surface area contributed by atoms with Crippen molar-refractivity contribution in [2.75, 3.05) is 38.1 Å². The number of carbonyl (C=O) groups is 2. The van der Waals surface area contributed by atoms with Crippen molar-refractivity contribution in [1.29, 1.82) is 0 Å². The van der Waals surface area contributed by atoms with Gasteiger partial charge in [-0.1, -0.05) is 23.7 Å². The average molecular weight is 350 g/mol. The van der Waals surface area contributed by atoms with Crippen molar-refractivity contribution in [3.63, 3.8) is 0 Å². The van der Waals surface area contributed by atoms with Crippen LogP contribution in [0.4, 0.5) is 5.69 Å². The third-order valence-electron chi connectivity index (χ3n) is 4.95. The van der Waals surface area contributed by atoms with Crippen molar-refractivity contribution >= 4 is 29.1 Å². The highest BCUT2D eigenvalue weighted by molar-refractivity contribution is 6.33. The number of amides is 2. The van der Waals surface area contributed by atoms with E-state index in [1.165, 1.54) is 6.42 Å². The van der Waals surface area contributed by atoms with Crippen molar-refractivity contribution in [1.82, 2.24) is 9.80 Å². The number of likely N-dealkylation sites (N-methyl/N-ethyl adjacent to an activating group) is 1. The van der Waals surface area contributed by atoms with Crippen molar-refractivity contribution < 1.29 is 9.59 Å². The molecule has 2 fully saturated rings. The maximum Gasteiger partial charge on any atom is 0.244 e. The van der Waals surface area contributed by atoms with E-state index < -0.39 is 0 Å². The van der Waals surface area contributed by atoms with Crippen LogP contribution in [0, 0.1) is 0 Å². The molecule has 0 spiro atoms. The van der Waals surface area contributed by atoms with Gasteiger partial charge < -0.3 is 9.80 Å². The Bertz CT molecular complexity index is 616. The molecular formula is C18H24ClN3O2. The van der Waals surface area contributed by atoms with Gasteiger partial charge in [0.2, 0.25) is 11.8 Å². The zero-order valence-corrected chi connectivity index (χ0v) is 14.8. The minimum Gasteiger partial charge on any atom is -0.342 e. The Labute approximate surface area is 148 Å². The van der Waals surface area contributed by atoms with E-state index in [1.807, 2.05) is 35.0 Å².